The second-order valence-corrected chi connectivity index (χ2v) is 5.81. The molecular formula is C12H9BO3S2. The molecule has 0 fully saturated rings. The molecule has 3 rings (SSSR count). The first kappa shape index (κ1) is 12.0. The van der Waals surface area contributed by atoms with Crippen LogP contribution in [0.25, 0.3) is 0 Å². The molecule has 2 aromatic carbocycles. The topological polar surface area (TPSA) is 49.7 Å². The van der Waals surface area contributed by atoms with Crippen LogP contribution in [0.5, 0.6) is 5.75 Å². The van der Waals surface area contributed by atoms with Crippen molar-refractivity contribution < 1.29 is 14.7 Å². The van der Waals surface area contributed by atoms with E-state index >= 15 is 0 Å². The lowest BCUT2D eigenvalue weighted by Gasteiger charge is -2.20. The summed E-state index contributed by atoms with van der Waals surface area (Å²) in [6, 6.07) is 13.7. The van der Waals surface area contributed by atoms with Crippen LogP contribution in [0.4, 0.5) is 0 Å². The lowest BCUT2D eigenvalue weighted by atomic mass is 10.2. The second-order valence-electron chi connectivity index (χ2n) is 3.68. The summed E-state index contributed by atoms with van der Waals surface area (Å²) in [5, 5.41) is 17.8. The molecule has 0 saturated carbocycles. The van der Waals surface area contributed by atoms with Crippen molar-refractivity contribution in [3.05, 3.63) is 42.5 Å². The molecule has 6 heteroatoms. The third kappa shape index (κ3) is 2.24. The molecule has 18 heavy (non-hydrogen) atoms. The van der Waals surface area contributed by atoms with E-state index in [2.05, 4.69) is 6.07 Å². The highest BCUT2D eigenvalue weighted by atomic mass is 32.2. The Morgan fingerprint density at radius 2 is 1.50 bits per heavy atom. The van der Waals surface area contributed by atoms with Crippen LogP contribution in [-0.4, -0.2) is 17.4 Å². The molecular weight excluding hydrogens is 267 g/mol. The second kappa shape index (κ2) is 4.89. The van der Waals surface area contributed by atoms with Gasteiger partial charge >= 0.3 is 7.32 Å². The first-order chi connectivity index (χ1) is 8.74. The van der Waals surface area contributed by atoms with Gasteiger partial charge in [0.05, 0.1) is 4.90 Å². The molecule has 0 saturated heterocycles. The lowest BCUT2D eigenvalue weighted by Crippen LogP contribution is -2.21. The highest BCUT2D eigenvalue weighted by Gasteiger charge is 2.22. The molecule has 0 amide bonds. The smallest absolute Gasteiger partial charge is 0.511 e. The Balaban J connectivity index is 2.02. The predicted molar refractivity (Wildman–Crippen MR) is 71.9 cm³/mol. The molecule has 0 aromatic heterocycles. The van der Waals surface area contributed by atoms with Crippen molar-refractivity contribution in [3.8, 4) is 5.75 Å². The number of rotatable bonds is 2. The van der Waals surface area contributed by atoms with Crippen molar-refractivity contribution in [1.82, 2.24) is 0 Å². The van der Waals surface area contributed by atoms with E-state index in [0.717, 1.165) is 14.7 Å². The number of hydrogen-bond donors (Lipinski definition) is 2. The average molecular weight is 276 g/mol. The molecule has 90 valence electrons. The van der Waals surface area contributed by atoms with E-state index in [0.29, 0.717) is 5.75 Å². The molecule has 2 N–H and O–H groups in total. The normalized spacial score (nSPS) is 12.6. The van der Waals surface area contributed by atoms with E-state index in [1.54, 1.807) is 29.6 Å². The minimum atomic E-state index is -1.79. The van der Waals surface area contributed by atoms with Gasteiger partial charge in [0.1, 0.15) is 5.75 Å². The third-order valence-corrected chi connectivity index (χ3v) is 5.05. The molecule has 0 aliphatic carbocycles. The van der Waals surface area contributed by atoms with E-state index in [1.165, 1.54) is 4.90 Å². The Hall–Kier alpha value is -1.08. The van der Waals surface area contributed by atoms with Crippen LogP contribution in [0, 0.1) is 0 Å². The van der Waals surface area contributed by atoms with Gasteiger partial charge in [-0.3, -0.25) is 0 Å². The monoisotopic (exact) mass is 276 g/mol. The van der Waals surface area contributed by atoms with E-state index < -0.39 is 7.32 Å². The lowest BCUT2D eigenvalue weighted by molar-refractivity contribution is 0.284. The maximum Gasteiger partial charge on any atom is 0.707 e. The summed E-state index contributed by atoms with van der Waals surface area (Å²) >= 11 is 3.24. The summed E-state index contributed by atoms with van der Waals surface area (Å²) in [5.41, 5.74) is 0. The van der Waals surface area contributed by atoms with Gasteiger partial charge in [0, 0.05) is 14.7 Å². The summed E-state index contributed by atoms with van der Waals surface area (Å²) in [5.74, 6) is 0.495. The standard InChI is InChI=1S/C12H9BO3S2/c14-13(15)16-8-4-3-7-11-12(8)18-10-6-2-1-5-9(10)17-11/h1-7,14-15H. The zero-order valence-corrected chi connectivity index (χ0v) is 10.9. The van der Waals surface area contributed by atoms with Gasteiger partial charge in [0.15, 0.2) is 0 Å². The fourth-order valence-electron chi connectivity index (χ4n) is 1.73. The SMILES string of the molecule is OB(O)Oc1cccc2c1Sc1ccccc1S2. The molecule has 1 aliphatic heterocycles. The van der Waals surface area contributed by atoms with Crippen molar-refractivity contribution in [2.75, 3.05) is 0 Å². The fraction of sp³-hybridized carbons (Fsp3) is 0. The maximum atomic E-state index is 8.92. The van der Waals surface area contributed by atoms with Crippen molar-refractivity contribution in [1.29, 1.82) is 0 Å². The number of hydrogen-bond acceptors (Lipinski definition) is 5. The summed E-state index contributed by atoms with van der Waals surface area (Å²) in [6.45, 7) is 0. The minimum absolute atomic E-state index is 0.495. The van der Waals surface area contributed by atoms with E-state index in [9.17, 15) is 0 Å². The van der Waals surface area contributed by atoms with E-state index in [1.807, 2.05) is 30.3 Å². The van der Waals surface area contributed by atoms with Crippen molar-refractivity contribution in [2.24, 2.45) is 0 Å². The molecule has 0 atom stereocenters. The largest absolute Gasteiger partial charge is 0.707 e. The van der Waals surface area contributed by atoms with Crippen LogP contribution in [0.2, 0.25) is 0 Å². The molecule has 1 heterocycles. The van der Waals surface area contributed by atoms with Gasteiger partial charge in [-0.15, -0.1) is 0 Å². The van der Waals surface area contributed by atoms with Gasteiger partial charge in [-0.25, -0.2) is 0 Å². The van der Waals surface area contributed by atoms with Crippen LogP contribution in [0.15, 0.2) is 62.0 Å². The van der Waals surface area contributed by atoms with Crippen LogP contribution in [0.1, 0.15) is 0 Å². The summed E-state index contributed by atoms with van der Waals surface area (Å²) in [7, 11) is -1.79. The Labute approximate surface area is 113 Å². The molecule has 3 nitrogen and oxygen atoms in total. The first-order valence-electron chi connectivity index (χ1n) is 5.34. The highest BCUT2D eigenvalue weighted by molar-refractivity contribution is 8.05. The van der Waals surface area contributed by atoms with Crippen LogP contribution < -0.4 is 4.65 Å². The number of fused-ring (bicyclic) bond motifs is 2. The van der Waals surface area contributed by atoms with Gasteiger partial charge in [-0.2, -0.15) is 0 Å². The Morgan fingerprint density at radius 1 is 0.833 bits per heavy atom. The van der Waals surface area contributed by atoms with Crippen molar-refractivity contribution in [2.45, 2.75) is 19.6 Å². The maximum absolute atomic E-state index is 8.92. The highest BCUT2D eigenvalue weighted by Crippen LogP contribution is 2.51. The van der Waals surface area contributed by atoms with Gasteiger partial charge in [-0.1, -0.05) is 41.7 Å². The Kier molecular flexibility index (Phi) is 3.26. The molecule has 0 spiro atoms. The van der Waals surface area contributed by atoms with Crippen LogP contribution in [0.3, 0.4) is 0 Å². The molecule has 2 aromatic rings. The Morgan fingerprint density at radius 3 is 2.22 bits per heavy atom. The number of benzene rings is 2. The summed E-state index contributed by atoms with van der Waals surface area (Å²) in [6.07, 6.45) is 0. The zero-order valence-electron chi connectivity index (χ0n) is 9.24. The van der Waals surface area contributed by atoms with E-state index in [4.69, 9.17) is 14.7 Å². The molecule has 0 radical (unpaired) electrons. The van der Waals surface area contributed by atoms with Gasteiger partial charge in [0.2, 0.25) is 0 Å². The van der Waals surface area contributed by atoms with Crippen LogP contribution >= 0.6 is 23.5 Å². The quantitative estimate of drug-likeness (QED) is 0.705. The molecule has 0 bridgehead atoms. The minimum Gasteiger partial charge on any atom is -0.511 e. The summed E-state index contributed by atoms with van der Waals surface area (Å²) in [4.78, 5) is 4.35. The van der Waals surface area contributed by atoms with Gasteiger partial charge < -0.3 is 14.7 Å². The van der Waals surface area contributed by atoms with Gasteiger partial charge in [0.25, 0.3) is 0 Å². The molecule has 1 aliphatic rings. The molecule has 0 unspecified atom stereocenters. The van der Waals surface area contributed by atoms with Crippen molar-refractivity contribution in [3.63, 3.8) is 0 Å². The third-order valence-electron chi connectivity index (χ3n) is 2.46. The van der Waals surface area contributed by atoms with Crippen molar-refractivity contribution >= 4 is 30.8 Å². The zero-order chi connectivity index (χ0) is 12.5. The van der Waals surface area contributed by atoms with E-state index in [-0.39, 0.29) is 0 Å². The van der Waals surface area contributed by atoms with Gasteiger partial charge in [-0.05, 0) is 24.3 Å². The first-order valence-corrected chi connectivity index (χ1v) is 6.98. The Bertz CT molecular complexity index is 589. The summed E-state index contributed by atoms with van der Waals surface area (Å²) < 4.78 is 5.00. The van der Waals surface area contributed by atoms with Crippen LogP contribution in [-0.2, 0) is 0 Å². The average Bonchev–Trinajstić information content (AvgIpc) is 2.36. The predicted octanol–water partition coefficient (Wildman–Crippen LogP) is 2.65. The fourth-order valence-corrected chi connectivity index (χ4v) is 4.04.